The predicted molar refractivity (Wildman–Crippen MR) is 46.3 cm³/mol. The molecular weight excluding hydrogens is 142 g/mol. The third-order valence-electron chi connectivity index (χ3n) is 0.750. The van der Waals surface area contributed by atoms with Crippen molar-refractivity contribution in [2.24, 2.45) is 0 Å². The Balaban J connectivity index is -0.0000000208. The van der Waals surface area contributed by atoms with Gasteiger partial charge in [0.05, 0.1) is 8.41 Å². The van der Waals surface area contributed by atoms with Gasteiger partial charge in [0, 0.05) is 5.54 Å². The molecule has 0 saturated heterocycles. The van der Waals surface area contributed by atoms with E-state index in [1.54, 1.807) is 0 Å². The van der Waals surface area contributed by atoms with Gasteiger partial charge in [-0.15, -0.1) is 0 Å². The summed E-state index contributed by atoms with van der Waals surface area (Å²) in [5.74, 6) is 0. The molecule has 0 aliphatic rings. The first-order valence-corrected chi connectivity index (χ1v) is 2.25. The smallest absolute Gasteiger partial charge is 0.0814 e. The summed E-state index contributed by atoms with van der Waals surface area (Å²) in [4.78, 5) is 0. The minimum atomic E-state index is 0. The maximum Gasteiger partial charge on any atom is 0.0814 e. The lowest BCUT2D eigenvalue weighted by Gasteiger charge is -2.15. The van der Waals surface area contributed by atoms with Gasteiger partial charge in [0.1, 0.15) is 0 Å². The summed E-state index contributed by atoms with van der Waals surface area (Å²) >= 11 is 0. The van der Waals surface area contributed by atoms with Gasteiger partial charge in [-0.25, -0.2) is 0 Å². The lowest BCUT2D eigenvalue weighted by molar-refractivity contribution is 0.469. The predicted octanol–water partition coefficient (Wildman–Crippen LogP) is 0.278. The quantitative estimate of drug-likeness (QED) is 0.503. The third kappa shape index (κ3) is 45.8. The van der Waals surface area contributed by atoms with Crippen LogP contribution >= 0.6 is 0 Å². The van der Waals surface area contributed by atoms with E-state index in [0.717, 1.165) is 0 Å². The van der Waals surface area contributed by atoms with Crippen LogP contribution in [-0.2, 0) is 0 Å². The maximum absolute atomic E-state index is 3.10. The zero-order valence-corrected chi connectivity index (χ0v) is 6.22. The molecule has 0 heterocycles. The van der Waals surface area contributed by atoms with E-state index in [9.17, 15) is 0 Å². The fraction of sp³-hybridized carbons (Fsp3) is 1.00. The van der Waals surface area contributed by atoms with Crippen molar-refractivity contribution >= 4 is 8.41 Å². The molecule has 0 aromatic heterocycles. The molecule has 0 rings (SSSR count). The van der Waals surface area contributed by atoms with Crippen LogP contribution < -0.4 is 5.32 Å². The highest BCUT2D eigenvalue weighted by molar-refractivity contribution is 5.75. The van der Waals surface area contributed by atoms with Crippen molar-refractivity contribution in [3.05, 3.63) is 0 Å². The number of rotatable bonds is 0. The molecule has 0 fully saturated rings. The molecule has 0 spiro atoms. The Kier molecular flexibility index (Phi) is 38.1. The average molecular weight is 161 g/mol. The lowest BCUT2D eigenvalue weighted by Crippen LogP contribution is -2.31. The van der Waals surface area contributed by atoms with Crippen molar-refractivity contribution in [1.82, 2.24) is 5.32 Å². The molecule has 0 aliphatic heterocycles. The van der Waals surface area contributed by atoms with Crippen LogP contribution in [0.2, 0.25) is 0 Å². The van der Waals surface area contributed by atoms with E-state index in [-0.39, 0.29) is 22.5 Å². The van der Waals surface area contributed by atoms with E-state index in [0.29, 0.717) is 5.54 Å². The highest BCUT2D eigenvalue weighted by Gasteiger charge is 2.01. The Hall–Kier alpha value is -0.185. The third-order valence-corrected chi connectivity index (χ3v) is 0.750. The second kappa shape index (κ2) is 11.6. The minimum absolute atomic E-state index is 0. The van der Waals surface area contributed by atoms with Crippen LogP contribution in [0.25, 0.3) is 0 Å². The second-order valence-corrected chi connectivity index (χ2v) is 2.50. The number of hydrogen-bond donors (Lipinski definition) is 1. The Morgan fingerprint density at radius 2 is 1.00 bits per heavy atom. The van der Waals surface area contributed by atoms with Crippen LogP contribution in [-0.4, -0.2) is 21.0 Å². The monoisotopic (exact) mass is 161 g/mol. The van der Waals surface area contributed by atoms with E-state index in [4.69, 9.17) is 0 Å². The topological polar surface area (TPSA) is 12.0 Å². The molecule has 0 bridgehead atoms. The average Bonchev–Trinajstić information content (AvgIpc) is 1.35. The first kappa shape index (κ1) is 32.9. The van der Waals surface area contributed by atoms with E-state index < -0.39 is 0 Å². The molecule has 0 aliphatic carbocycles. The van der Waals surface area contributed by atoms with Crippen LogP contribution in [0.4, 0.5) is 14.1 Å². The zero-order valence-electron chi connectivity index (χ0n) is 6.22. The largest absolute Gasteiger partial charge is 0.315 e. The van der Waals surface area contributed by atoms with Gasteiger partial charge in [0.15, 0.2) is 0 Å². The SMILES string of the molecule is B.CNC(C)(C)C.F.F.F. The van der Waals surface area contributed by atoms with E-state index >= 15 is 0 Å². The molecule has 0 saturated carbocycles. The summed E-state index contributed by atoms with van der Waals surface area (Å²) in [6, 6.07) is 0. The van der Waals surface area contributed by atoms with E-state index in [1.807, 2.05) is 7.05 Å². The zero-order chi connectivity index (χ0) is 5.21. The molecule has 0 unspecified atom stereocenters. The second-order valence-electron chi connectivity index (χ2n) is 2.50. The van der Waals surface area contributed by atoms with Crippen molar-refractivity contribution in [3.8, 4) is 0 Å². The van der Waals surface area contributed by atoms with Gasteiger partial charge < -0.3 is 5.32 Å². The minimum Gasteiger partial charge on any atom is -0.315 e. The summed E-state index contributed by atoms with van der Waals surface area (Å²) in [5, 5.41) is 3.10. The van der Waals surface area contributed by atoms with Crippen molar-refractivity contribution in [2.75, 3.05) is 7.05 Å². The Bertz CT molecular complexity index is 46.6. The molecule has 5 heteroatoms. The molecule has 1 N–H and O–H groups in total. The summed E-state index contributed by atoms with van der Waals surface area (Å²) in [5.41, 5.74) is 0.292. The lowest BCUT2D eigenvalue weighted by atomic mass is 10.1. The van der Waals surface area contributed by atoms with Gasteiger partial charge >= 0.3 is 0 Å². The summed E-state index contributed by atoms with van der Waals surface area (Å²) in [6.45, 7) is 6.40. The van der Waals surface area contributed by atoms with E-state index in [2.05, 4.69) is 26.1 Å². The Labute approximate surface area is 62.3 Å². The van der Waals surface area contributed by atoms with Crippen LogP contribution in [0, 0.1) is 0 Å². The molecule has 0 atom stereocenters. The number of halogens is 3. The maximum atomic E-state index is 3.10. The van der Waals surface area contributed by atoms with Crippen molar-refractivity contribution < 1.29 is 14.1 Å². The fourth-order valence-electron chi connectivity index (χ4n) is 0. The first-order chi connectivity index (χ1) is 2.56. The number of nitrogens with one attached hydrogen (secondary N) is 1. The standard InChI is InChI=1S/C5H13N.BH3.3FH/c1-5(2,3)6-4;;;;/h6H,1-4H3;1H3;3*1H. The molecule has 68 valence electrons. The van der Waals surface area contributed by atoms with Gasteiger partial charge in [-0.05, 0) is 27.8 Å². The summed E-state index contributed by atoms with van der Waals surface area (Å²) in [6.07, 6.45) is 0. The van der Waals surface area contributed by atoms with Gasteiger partial charge in [0.25, 0.3) is 0 Å². The van der Waals surface area contributed by atoms with Crippen molar-refractivity contribution in [2.45, 2.75) is 26.3 Å². The number of hydrogen-bond acceptors (Lipinski definition) is 1. The van der Waals surface area contributed by atoms with Gasteiger partial charge in [-0.2, -0.15) is 0 Å². The summed E-state index contributed by atoms with van der Waals surface area (Å²) < 4.78 is 0. The highest BCUT2D eigenvalue weighted by atomic mass is 19.0. The molecule has 1 nitrogen and oxygen atoms in total. The van der Waals surface area contributed by atoms with Crippen molar-refractivity contribution in [3.63, 3.8) is 0 Å². The molecule has 0 amide bonds. The van der Waals surface area contributed by atoms with Crippen LogP contribution in [0.15, 0.2) is 0 Å². The van der Waals surface area contributed by atoms with Gasteiger partial charge in [0.2, 0.25) is 0 Å². The van der Waals surface area contributed by atoms with Crippen molar-refractivity contribution in [1.29, 1.82) is 0 Å². The van der Waals surface area contributed by atoms with Crippen LogP contribution in [0.1, 0.15) is 20.8 Å². The summed E-state index contributed by atoms with van der Waals surface area (Å²) in [7, 11) is 1.96. The van der Waals surface area contributed by atoms with Crippen LogP contribution in [0.3, 0.4) is 0 Å². The highest BCUT2D eigenvalue weighted by Crippen LogP contribution is 1.93. The van der Waals surface area contributed by atoms with Gasteiger partial charge in [-0.3, -0.25) is 14.1 Å². The molecular formula is C5H19BF3N. The molecule has 0 aromatic carbocycles. The Morgan fingerprint density at radius 3 is 1.00 bits per heavy atom. The van der Waals surface area contributed by atoms with Crippen LogP contribution in [0.5, 0.6) is 0 Å². The first-order valence-electron chi connectivity index (χ1n) is 2.25. The van der Waals surface area contributed by atoms with Gasteiger partial charge in [-0.1, -0.05) is 0 Å². The fourth-order valence-corrected chi connectivity index (χ4v) is 0. The normalized spacial score (nSPS) is 7.20. The van der Waals surface area contributed by atoms with E-state index in [1.165, 1.54) is 0 Å². The molecule has 0 aromatic rings. The molecule has 0 radical (unpaired) electrons. The Morgan fingerprint density at radius 1 is 0.900 bits per heavy atom. The molecule has 10 heavy (non-hydrogen) atoms.